The Morgan fingerprint density at radius 1 is 1.13 bits per heavy atom. The molecule has 0 radical (unpaired) electrons. The fraction of sp³-hybridized carbons (Fsp3) is 0.278. The number of carbonyl (C=O) groups is 1. The Morgan fingerprint density at radius 2 is 1.83 bits per heavy atom. The van der Waals surface area contributed by atoms with Gasteiger partial charge in [0.1, 0.15) is 18.1 Å². The fourth-order valence-electron chi connectivity index (χ4n) is 1.99. The van der Waals surface area contributed by atoms with E-state index < -0.39 is 6.10 Å². The van der Waals surface area contributed by atoms with E-state index in [0.29, 0.717) is 30.3 Å². The molecule has 0 aliphatic heterocycles. The third kappa shape index (κ3) is 5.49. The molecule has 0 bridgehead atoms. The molecule has 0 spiro atoms. The van der Waals surface area contributed by atoms with Crippen LogP contribution in [0.1, 0.15) is 13.3 Å². The van der Waals surface area contributed by atoms with Gasteiger partial charge < -0.3 is 14.8 Å². The molecule has 0 aromatic heterocycles. The molecule has 0 unspecified atom stereocenters. The summed E-state index contributed by atoms with van der Waals surface area (Å²) < 4.78 is 11.2. The molecule has 23 heavy (non-hydrogen) atoms. The minimum Gasteiger partial charge on any atom is -0.492 e. The van der Waals surface area contributed by atoms with Gasteiger partial charge >= 0.3 is 0 Å². The van der Waals surface area contributed by atoms with E-state index in [9.17, 15) is 4.79 Å². The van der Waals surface area contributed by atoms with Gasteiger partial charge in [0.05, 0.1) is 11.6 Å². The number of para-hydroxylation sites is 2. The summed E-state index contributed by atoms with van der Waals surface area (Å²) in [6.45, 7) is 2.70. The van der Waals surface area contributed by atoms with E-state index in [4.69, 9.17) is 21.1 Å². The van der Waals surface area contributed by atoms with Crippen molar-refractivity contribution in [1.82, 2.24) is 5.32 Å². The molecule has 2 aromatic carbocycles. The number of benzene rings is 2. The van der Waals surface area contributed by atoms with Crippen molar-refractivity contribution in [3.05, 3.63) is 59.6 Å². The number of carbonyl (C=O) groups excluding carboxylic acids is 1. The number of ether oxygens (including phenoxy) is 2. The molecule has 4 nitrogen and oxygen atoms in total. The molecule has 0 aliphatic carbocycles. The highest BCUT2D eigenvalue weighted by Gasteiger charge is 2.18. The highest BCUT2D eigenvalue weighted by atomic mass is 35.5. The zero-order valence-electron chi connectivity index (χ0n) is 13.0. The number of hydrogen-bond acceptors (Lipinski definition) is 3. The van der Waals surface area contributed by atoms with Crippen molar-refractivity contribution in [3.63, 3.8) is 0 Å². The number of amides is 1. The third-order valence-electron chi connectivity index (χ3n) is 3.18. The first kappa shape index (κ1) is 17.2. The van der Waals surface area contributed by atoms with Crippen molar-refractivity contribution in [2.24, 2.45) is 0 Å². The highest BCUT2D eigenvalue weighted by Crippen LogP contribution is 2.24. The van der Waals surface area contributed by atoms with E-state index in [2.05, 4.69) is 5.32 Å². The maximum atomic E-state index is 12.2. The largest absolute Gasteiger partial charge is 0.492 e. The lowest BCUT2D eigenvalue weighted by molar-refractivity contribution is -0.128. The summed E-state index contributed by atoms with van der Waals surface area (Å²) in [6.07, 6.45) is -0.0250. The van der Waals surface area contributed by atoms with Crippen LogP contribution in [0.25, 0.3) is 0 Å². The van der Waals surface area contributed by atoms with Crippen LogP contribution in [0, 0.1) is 0 Å². The second-order valence-electron chi connectivity index (χ2n) is 4.90. The van der Waals surface area contributed by atoms with Crippen LogP contribution in [0.2, 0.25) is 5.02 Å². The molecule has 2 aromatic rings. The zero-order chi connectivity index (χ0) is 16.5. The van der Waals surface area contributed by atoms with Gasteiger partial charge in [0.2, 0.25) is 0 Å². The lowest BCUT2D eigenvalue weighted by atomic mass is 10.2. The van der Waals surface area contributed by atoms with Gasteiger partial charge in [-0.1, -0.05) is 48.9 Å². The Hall–Kier alpha value is -2.20. The normalized spacial score (nSPS) is 11.6. The monoisotopic (exact) mass is 333 g/mol. The molecule has 1 amide bonds. The number of rotatable bonds is 8. The van der Waals surface area contributed by atoms with Crippen LogP contribution in [0.5, 0.6) is 11.5 Å². The van der Waals surface area contributed by atoms with E-state index in [1.807, 2.05) is 49.4 Å². The number of nitrogens with one attached hydrogen (secondary N) is 1. The molecule has 5 heteroatoms. The summed E-state index contributed by atoms with van der Waals surface area (Å²) in [4.78, 5) is 12.2. The Balaban J connectivity index is 1.77. The van der Waals surface area contributed by atoms with Gasteiger partial charge in [-0.25, -0.2) is 0 Å². The summed E-state index contributed by atoms with van der Waals surface area (Å²) in [5.74, 6) is 1.11. The van der Waals surface area contributed by atoms with Crippen LogP contribution in [-0.2, 0) is 4.79 Å². The van der Waals surface area contributed by atoms with Crippen LogP contribution in [-0.4, -0.2) is 25.2 Å². The van der Waals surface area contributed by atoms with Gasteiger partial charge in [-0.05, 0) is 30.7 Å². The summed E-state index contributed by atoms with van der Waals surface area (Å²) in [5, 5.41) is 3.30. The number of halogens is 1. The average Bonchev–Trinajstić information content (AvgIpc) is 2.59. The van der Waals surface area contributed by atoms with E-state index in [0.717, 1.165) is 5.75 Å². The molecule has 0 saturated heterocycles. The Labute approximate surface area is 141 Å². The molecule has 1 N–H and O–H groups in total. The predicted molar refractivity (Wildman–Crippen MR) is 91.1 cm³/mol. The van der Waals surface area contributed by atoms with Crippen molar-refractivity contribution in [1.29, 1.82) is 0 Å². The summed E-state index contributed by atoms with van der Waals surface area (Å²) in [7, 11) is 0. The van der Waals surface area contributed by atoms with Crippen LogP contribution in [0.3, 0.4) is 0 Å². The second kappa shape index (κ2) is 9.06. The lowest BCUT2D eigenvalue weighted by Gasteiger charge is -2.18. The van der Waals surface area contributed by atoms with Crippen LogP contribution < -0.4 is 14.8 Å². The fourth-order valence-corrected chi connectivity index (χ4v) is 2.17. The molecular formula is C18H20ClNO3. The first-order valence-electron chi connectivity index (χ1n) is 7.57. The van der Waals surface area contributed by atoms with Crippen LogP contribution in [0.4, 0.5) is 0 Å². The molecule has 1 atom stereocenters. The van der Waals surface area contributed by atoms with Crippen molar-refractivity contribution >= 4 is 17.5 Å². The van der Waals surface area contributed by atoms with Gasteiger partial charge in [-0.15, -0.1) is 0 Å². The van der Waals surface area contributed by atoms with Gasteiger partial charge in [0.25, 0.3) is 5.91 Å². The molecule has 0 saturated carbocycles. The van der Waals surface area contributed by atoms with Crippen molar-refractivity contribution in [2.75, 3.05) is 13.2 Å². The summed E-state index contributed by atoms with van der Waals surface area (Å²) in [5.41, 5.74) is 0. The van der Waals surface area contributed by atoms with Crippen molar-refractivity contribution in [3.8, 4) is 11.5 Å². The topological polar surface area (TPSA) is 47.6 Å². The lowest BCUT2D eigenvalue weighted by Crippen LogP contribution is -2.39. The smallest absolute Gasteiger partial charge is 0.261 e. The summed E-state index contributed by atoms with van der Waals surface area (Å²) >= 11 is 6.05. The first-order valence-corrected chi connectivity index (χ1v) is 7.95. The highest BCUT2D eigenvalue weighted by molar-refractivity contribution is 6.32. The Morgan fingerprint density at radius 3 is 2.52 bits per heavy atom. The predicted octanol–water partition coefficient (Wildman–Crippen LogP) is 3.69. The second-order valence-corrected chi connectivity index (χ2v) is 5.30. The van der Waals surface area contributed by atoms with E-state index in [1.165, 1.54) is 0 Å². The quantitative estimate of drug-likeness (QED) is 0.749. The standard InChI is InChI=1S/C18H20ClNO3/c1-2-16(23-17-11-7-6-10-15(17)19)18(21)20-12-13-22-14-8-4-3-5-9-14/h3-11,16H,2,12-13H2,1H3,(H,20,21)/t16-/m1/s1. The molecular weight excluding hydrogens is 314 g/mol. The molecule has 0 aliphatic rings. The molecule has 0 heterocycles. The van der Waals surface area contributed by atoms with Gasteiger partial charge in [0.15, 0.2) is 6.10 Å². The van der Waals surface area contributed by atoms with Gasteiger partial charge in [-0.2, -0.15) is 0 Å². The summed E-state index contributed by atoms with van der Waals surface area (Å²) in [6, 6.07) is 16.6. The molecule has 122 valence electrons. The molecule has 0 fully saturated rings. The van der Waals surface area contributed by atoms with Crippen LogP contribution in [0.15, 0.2) is 54.6 Å². The van der Waals surface area contributed by atoms with Crippen molar-refractivity contribution in [2.45, 2.75) is 19.4 Å². The molecule has 2 rings (SSSR count). The zero-order valence-corrected chi connectivity index (χ0v) is 13.8. The maximum absolute atomic E-state index is 12.2. The Bertz CT molecular complexity index is 619. The Kier molecular flexibility index (Phi) is 6.76. The van der Waals surface area contributed by atoms with Gasteiger partial charge in [-0.3, -0.25) is 4.79 Å². The minimum absolute atomic E-state index is 0.177. The SMILES string of the molecule is CC[C@@H](Oc1ccccc1Cl)C(=O)NCCOc1ccccc1. The first-order chi connectivity index (χ1) is 11.2. The maximum Gasteiger partial charge on any atom is 0.261 e. The van der Waals surface area contributed by atoms with E-state index >= 15 is 0 Å². The third-order valence-corrected chi connectivity index (χ3v) is 3.49. The van der Waals surface area contributed by atoms with Crippen LogP contribution >= 0.6 is 11.6 Å². The number of hydrogen-bond donors (Lipinski definition) is 1. The average molecular weight is 334 g/mol. The van der Waals surface area contributed by atoms with E-state index in [1.54, 1.807) is 12.1 Å². The minimum atomic E-state index is -0.577. The van der Waals surface area contributed by atoms with Gasteiger partial charge in [0, 0.05) is 0 Å². The van der Waals surface area contributed by atoms with Crippen molar-refractivity contribution < 1.29 is 14.3 Å². The van der Waals surface area contributed by atoms with E-state index in [-0.39, 0.29) is 5.91 Å².